The maximum absolute atomic E-state index is 14.1. The van der Waals surface area contributed by atoms with Gasteiger partial charge in [0.25, 0.3) is 5.91 Å². The summed E-state index contributed by atoms with van der Waals surface area (Å²) in [4.78, 5) is 68.1. The minimum atomic E-state index is -1.06. The van der Waals surface area contributed by atoms with Crippen LogP contribution in [0.15, 0.2) is 92.2 Å². The van der Waals surface area contributed by atoms with E-state index in [1.165, 1.54) is 19.3 Å². The number of aliphatic hydroxyl groups is 1. The molecule has 4 bridgehead atoms. The minimum absolute atomic E-state index is 0.112. The zero-order valence-electron chi connectivity index (χ0n) is 33.6. The predicted molar refractivity (Wildman–Crippen MR) is 218 cm³/mol. The van der Waals surface area contributed by atoms with Gasteiger partial charge in [-0.05, 0) is 62.0 Å². The van der Waals surface area contributed by atoms with Gasteiger partial charge in [0.1, 0.15) is 0 Å². The fraction of sp³-hybridized carbons (Fsp3) is 0.432. The Labute approximate surface area is 341 Å². The van der Waals surface area contributed by atoms with Gasteiger partial charge < -0.3 is 49.7 Å². The molecule has 15 heteroatoms. The number of benzene rings is 1. The molecule has 4 heterocycles. The van der Waals surface area contributed by atoms with E-state index in [2.05, 4.69) is 22.5 Å². The number of carbonyl (C=O) groups excluding carboxylic acids is 4. The Bertz CT molecular complexity index is 2250. The van der Waals surface area contributed by atoms with Crippen molar-refractivity contribution < 1.29 is 47.6 Å². The predicted octanol–water partition coefficient (Wildman–Crippen LogP) is 3.45. The number of ketones is 2. The zero-order valence-corrected chi connectivity index (χ0v) is 33.6. The molecule has 15 nitrogen and oxygen atoms in total. The van der Waals surface area contributed by atoms with Crippen LogP contribution in [0, 0.1) is 23.7 Å². The van der Waals surface area contributed by atoms with E-state index in [4.69, 9.17) is 29.1 Å². The van der Waals surface area contributed by atoms with Crippen molar-refractivity contribution in [3.63, 3.8) is 0 Å². The topological polar surface area (TPSA) is 209 Å². The van der Waals surface area contributed by atoms with Crippen molar-refractivity contribution >= 4 is 40.4 Å². The number of ether oxygens (including phenoxy) is 4. The maximum atomic E-state index is 14.1. The van der Waals surface area contributed by atoms with E-state index in [-0.39, 0.29) is 40.5 Å². The van der Waals surface area contributed by atoms with E-state index < -0.39 is 53.9 Å². The third-order valence-corrected chi connectivity index (χ3v) is 10.6. The molecule has 0 radical (unpaired) electrons. The van der Waals surface area contributed by atoms with Gasteiger partial charge in [-0.1, -0.05) is 43.9 Å². The van der Waals surface area contributed by atoms with Gasteiger partial charge in [-0.15, -0.1) is 0 Å². The number of Topliss-reactive ketones (excluding diaryl/α,β-unsaturated/α-hetero) is 1. The molecule has 6 rings (SSSR count). The van der Waals surface area contributed by atoms with E-state index >= 15 is 0 Å². The van der Waals surface area contributed by atoms with Gasteiger partial charge in [0, 0.05) is 56.8 Å². The fourth-order valence-electron chi connectivity index (χ4n) is 7.57. The van der Waals surface area contributed by atoms with Crippen LogP contribution in [-0.4, -0.2) is 93.0 Å². The molecule has 0 unspecified atom stereocenters. The first-order chi connectivity index (χ1) is 28.3. The molecule has 59 heavy (non-hydrogen) atoms. The highest BCUT2D eigenvalue weighted by molar-refractivity contribution is 6.23. The molecular formula is C44H50N4O11. The summed E-state index contributed by atoms with van der Waals surface area (Å²) >= 11 is 0. The summed E-state index contributed by atoms with van der Waals surface area (Å²) in [6.07, 6.45) is 3.95. The number of fused-ring (bicyclic) bond motifs is 5. The summed E-state index contributed by atoms with van der Waals surface area (Å²) in [6, 6.07) is 6.77. The van der Waals surface area contributed by atoms with Gasteiger partial charge in [0.15, 0.2) is 34.9 Å². The number of primary amides is 1. The summed E-state index contributed by atoms with van der Waals surface area (Å²) in [5.74, 6) is 3.95. The lowest BCUT2D eigenvalue weighted by Gasteiger charge is -2.30. The number of aliphatic hydroxyl groups excluding tert-OH is 1. The van der Waals surface area contributed by atoms with Gasteiger partial charge in [-0.25, -0.2) is 4.79 Å². The maximum Gasteiger partial charge on any atom is 0.405 e. The Morgan fingerprint density at radius 2 is 1.93 bits per heavy atom. The van der Waals surface area contributed by atoms with Crippen LogP contribution in [0.4, 0.5) is 10.7 Å². The van der Waals surface area contributed by atoms with Crippen LogP contribution in [0.5, 0.6) is 0 Å². The molecule has 1 aromatic heterocycles. The summed E-state index contributed by atoms with van der Waals surface area (Å²) in [7, 11) is 1.49. The number of hydrogen-bond acceptors (Lipinski definition) is 13. The smallest absolute Gasteiger partial charge is 0.405 e. The highest BCUT2D eigenvalue weighted by Gasteiger charge is 2.36. The number of hydrogen-bond donors (Lipinski definition) is 4. The second-order valence-electron chi connectivity index (χ2n) is 15.1. The van der Waals surface area contributed by atoms with Crippen molar-refractivity contribution in [1.82, 2.24) is 10.6 Å². The fourth-order valence-corrected chi connectivity index (χ4v) is 7.57. The van der Waals surface area contributed by atoms with Crippen LogP contribution in [0.25, 0.3) is 11.0 Å². The number of para-hydroxylation sites is 1. The molecule has 2 amide bonds. The number of nitrogens with two attached hydrogens (primary N) is 1. The first kappa shape index (κ1) is 42.7. The van der Waals surface area contributed by atoms with Crippen molar-refractivity contribution in [2.45, 2.75) is 70.9 Å². The SMILES string of the molecule is CO[C@H]1C[C@H](C)CC2=C(NCCCC#Cc3cccc4c(=O)cc(N5CCOCC5)oc34)C(=O)C=C(NC(=O)C3=CC=C[C@H](O3)[C@@H](OC(N)=O)/C(C)=C/[C@H](C)[C@H]1O)C2=O. The second-order valence-corrected chi connectivity index (χ2v) is 15.1. The summed E-state index contributed by atoms with van der Waals surface area (Å²) in [5.41, 5.74) is 6.82. The molecule has 312 valence electrons. The molecule has 1 fully saturated rings. The van der Waals surface area contributed by atoms with Crippen LogP contribution in [0.3, 0.4) is 0 Å². The summed E-state index contributed by atoms with van der Waals surface area (Å²) in [5, 5.41) is 17.6. The number of amides is 2. The van der Waals surface area contributed by atoms with Gasteiger partial charge in [-0.2, -0.15) is 0 Å². The van der Waals surface area contributed by atoms with E-state index in [0.717, 1.165) is 6.08 Å². The van der Waals surface area contributed by atoms with Crippen LogP contribution in [0.2, 0.25) is 0 Å². The van der Waals surface area contributed by atoms with Gasteiger partial charge in [0.2, 0.25) is 11.6 Å². The molecule has 1 aromatic carbocycles. The van der Waals surface area contributed by atoms with Crippen molar-refractivity contribution in [3.8, 4) is 11.8 Å². The van der Waals surface area contributed by atoms with Crippen molar-refractivity contribution in [1.29, 1.82) is 0 Å². The van der Waals surface area contributed by atoms with E-state index in [9.17, 15) is 29.1 Å². The number of allylic oxidation sites excluding steroid dienone is 4. The quantitative estimate of drug-likeness (QED) is 0.137. The first-order valence-corrected chi connectivity index (χ1v) is 19.7. The highest BCUT2D eigenvalue weighted by atomic mass is 16.6. The molecule has 3 aliphatic heterocycles. The second kappa shape index (κ2) is 19.2. The standard InChI is InChI=1S/C44H50N4O11/c1-25-20-30-38(46-15-7-5-6-10-28-11-8-12-29-32(49)24-37(58-42(28)29)48-16-18-56-19-17-48)33(50)23-31(40(30)52)47-43(53)35-14-9-13-34(57-35)41(59-44(45)54)27(3)22-26(2)39(51)36(21-25)55-4/h8-9,11-14,22-26,34,36,39,41,46,51H,5,7,15-21H2,1-4H3,(H2,45,54)(H,47,53)/b27-22+/t25-,26+,34+,36+,39-,41+/m1/s1. The number of nitrogens with zero attached hydrogens (tertiary/aromatic N) is 1. The van der Waals surface area contributed by atoms with Gasteiger partial charge in [0.05, 0.1) is 47.8 Å². The van der Waals surface area contributed by atoms with Crippen molar-refractivity contribution in [2.24, 2.45) is 17.6 Å². The van der Waals surface area contributed by atoms with Crippen LogP contribution in [0.1, 0.15) is 52.0 Å². The molecule has 0 saturated carbocycles. The Hall–Kier alpha value is -5.95. The Kier molecular flexibility index (Phi) is 13.9. The molecule has 2 aromatic rings. The molecule has 0 spiro atoms. The average molecular weight is 811 g/mol. The molecule has 6 atom stereocenters. The van der Waals surface area contributed by atoms with E-state index in [1.54, 1.807) is 50.3 Å². The Balaban J connectivity index is 1.21. The van der Waals surface area contributed by atoms with Crippen molar-refractivity contribution in [2.75, 3.05) is 44.9 Å². The summed E-state index contributed by atoms with van der Waals surface area (Å²) < 4.78 is 28.7. The third kappa shape index (κ3) is 10.2. The molecule has 1 saturated heterocycles. The monoisotopic (exact) mass is 810 g/mol. The van der Waals surface area contributed by atoms with E-state index in [0.29, 0.717) is 80.1 Å². The normalized spacial score (nSPS) is 26.3. The lowest BCUT2D eigenvalue weighted by molar-refractivity contribution is -0.123. The largest absolute Gasteiger partial charge is 0.476 e. The Morgan fingerprint density at radius 1 is 1.15 bits per heavy atom. The summed E-state index contributed by atoms with van der Waals surface area (Å²) in [6.45, 7) is 7.99. The number of unbranched alkanes of at least 4 members (excludes halogenated alkanes) is 1. The van der Waals surface area contributed by atoms with Gasteiger partial charge in [-0.3, -0.25) is 19.2 Å². The number of nitrogens with one attached hydrogen (secondary N) is 2. The first-order valence-electron chi connectivity index (χ1n) is 19.7. The van der Waals surface area contributed by atoms with Gasteiger partial charge >= 0.3 is 6.09 Å². The minimum Gasteiger partial charge on any atom is -0.476 e. The van der Waals surface area contributed by atoms with E-state index in [1.807, 2.05) is 11.8 Å². The number of carbonyl (C=O) groups is 4. The Morgan fingerprint density at radius 3 is 2.68 bits per heavy atom. The number of rotatable bonds is 7. The molecular weight excluding hydrogens is 761 g/mol. The number of methoxy groups -OCH3 is 1. The number of anilines is 1. The number of morpholine rings is 1. The van der Waals surface area contributed by atoms with Crippen LogP contribution in [-0.2, 0) is 33.3 Å². The highest BCUT2D eigenvalue weighted by Crippen LogP contribution is 2.30. The molecule has 5 N–H and O–H groups in total. The average Bonchev–Trinajstić information content (AvgIpc) is 3.22. The lowest BCUT2D eigenvalue weighted by atomic mass is 9.85. The van der Waals surface area contributed by atoms with Crippen molar-refractivity contribution in [3.05, 3.63) is 98.7 Å². The van der Waals surface area contributed by atoms with Crippen LogP contribution < -0.4 is 26.7 Å². The molecule has 1 aliphatic carbocycles. The lowest BCUT2D eigenvalue weighted by Crippen LogP contribution is -2.40. The third-order valence-electron chi connectivity index (χ3n) is 10.6. The van der Waals surface area contributed by atoms with Crippen LogP contribution >= 0.6 is 0 Å². The zero-order chi connectivity index (χ0) is 42.2. The molecule has 4 aliphatic rings.